The lowest BCUT2D eigenvalue weighted by Gasteiger charge is -2.24. The highest BCUT2D eigenvalue weighted by atomic mass is 14.7. The van der Waals surface area contributed by atoms with Crippen molar-refractivity contribution in [2.45, 2.75) is 27.7 Å². The summed E-state index contributed by atoms with van der Waals surface area (Å²) in [4.78, 5) is 6.75. The van der Waals surface area contributed by atoms with E-state index < -0.39 is 5.41 Å². The molecule has 23 heavy (non-hydrogen) atoms. The van der Waals surface area contributed by atoms with E-state index in [0.29, 0.717) is 11.1 Å². The lowest BCUT2D eigenvalue weighted by Crippen LogP contribution is -2.11. The Bertz CT molecular complexity index is 913. The lowest BCUT2D eigenvalue weighted by atomic mass is 9.79. The standard InChI is InChI=1S/C19H14N4/c1-11-7-8-13-16(12(11)2)18(15(10-21)23-6)19(3,4)17(13)14(9-20)22-5/h7-8H,1-4H3/b17-14+,18-15+. The molecule has 0 N–H and O–H groups in total. The van der Waals surface area contributed by atoms with Crippen LogP contribution in [0, 0.1) is 55.1 Å². The number of allylic oxidation sites excluding steroid dienone is 4. The van der Waals surface area contributed by atoms with Gasteiger partial charge in [0.15, 0.2) is 0 Å². The molecular formula is C19H14N4. The average Bonchev–Trinajstić information content (AvgIpc) is 2.76. The van der Waals surface area contributed by atoms with Crippen LogP contribution in [-0.2, 0) is 0 Å². The Kier molecular flexibility index (Phi) is 3.80. The van der Waals surface area contributed by atoms with Gasteiger partial charge in [-0.1, -0.05) is 26.0 Å². The molecule has 2 rings (SSSR count). The van der Waals surface area contributed by atoms with Crippen LogP contribution >= 0.6 is 0 Å². The van der Waals surface area contributed by atoms with Gasteiger partial charge in [0, 0.05) is 0 Å². The quantitative estimate of drug-likeness (QED) is 0.517. The van der Waals surface area contributed by atoms with Gasteiger partial charge in [-0.3, -0.25) is 0 Å². The normalized spacial score (nSPS) is 18.8. The maximum Gasteiger partial charge on any atom is 0.266 e. The molecule has 4 heteroatoms. The number of rotatable bonds is 0. The third-order valence-electron chi connectivity index (χ3n) is 4.41. The first kappa shape index (κ1) is 16.0. The van der Waals surface area contributed by atoms with Crippen LogP contribution in [0.3, 0.4) is 0 Å². The summed E-state index contributed by atoms with van der Waals surface area (Å²) in [7, 11) is 0. The van der Waals surface area contributed by atoms with Crippen LogP contribution in [-0.4, -0.2) is 0 Å². The van der Waals surface area contributed by atoms with E-state index in [1.165, 1.54) is 0 Å². The second kappa shape index (κ2) is 5.46. The maximum atomic E-state index is 9.38. The predicted octanol–water partition coefficient (Wildman–Crippen LogP) is 4.65. The van der Waals surface area contributed by atoms with Gasteiger partial charge in [-0.25, -0.2) is 20.2 Å². The molecular weight excluding hydrogens is 284 g/mol. The second-order valence-corrected chi connectivity index (χ2v) is 5.95. The minimum absolute atomic E-state index is 0.0109. The van der Waals surface area contributed by atoms with Gasteiger partial charge in [-0.15, -0.1) is 0 Å². The molecule has 1 aliphatic carbocycles. The van der Waals surface area contributed by atoms with Crippen molar-refractivity contribution in [3.8, 4) is 12.1 Å². The van der Waals surface area contributed by atoms with E-state index in [-0.39, 0.29) is 11.4 Å². The molecule has 0 saturated heterocycles. The van der Waals surface area contributed by atoms with Gasteiger partial charge in [-0.2, -0.15) is 0 Å². The Balaban J connectivity index is 3.15. The zero-order valence-electron chi connectivity index (χ0n) is 13.4. The molecule has 0 radical (unpaired) electrons. The zero-order chi connectivity index (χ0) is 17.4. The van der Waals surface area contributed by atoms with Gasteiger partial charge in [0.1, 0.15) is 0 Å². The summed E-state index contributed by atoms with van der Waals surface area (Å²) in [6, 6.07) is 7.76. The molecule has 110 valence electrons. The van der Waals surface area contributed by atoms with E-state index >= 15 is 0 Å². The molecule has 1 aliphatic rings. The highest BCUT2D eigenvalue weighted by Gasteiger charge is 2.43. The van der Waals surface area contributed by atoms with Crippen molar-refractivity contribution >= 4 is 11.1 Å². The highest BCUT2D eigenvalue weighted by Crippen LogP contribution is 2.57. The van der Waals surface area contributed by atoms with Gasteiger partial charge in [0.25, 0.3) is 11.4 Å². The second-order valence-electron chi connectivity index (χ2n) is 5.95. The molecule has 0 atom stereocenters. The number of fused-ring (bicyclic) bond motifs is 1. The summed E-state index contributed by atoms with van der Waals surface area (Å²) in [6.07, 6.45) is 0. The van der Waals surface area contributed by atoms with Gasteiger partial charge >= 0.3 is 0 Å². The molecule has 0 amide bonds. The van der Waals surface area contributed by atoms with Crippen molar-refractivity contribution < 1.29 is 0 Å². The Morgan fingerprint density at radius 1 is 1.00 bits per heavy atom. The fourth-order valence-corrected chi connectivity index (χ4v) is 3.23. The SMILES string of the molecule is [C-]#[N+]/C(C#N)=C1\c2ccc(C)c(C)c2/C(=C(/C#N)[N+]#[C-])C1(C)C. The lowest BCUT2D eigenvalue weighted by molar-refractivity contribution is 0.686. The number of aryl methyl sites for hydroxylation is 1. The molecule has 0 unspecified atom stereocenters. The summed E-state index contributed by atoms with van der Waals surface area (Å²) in [5.41, 5.74) is 4.09. The smallest absolute Gasteiger partial charge is 0.226 e. The summed E-state index contributed by atoms with van der Waals surface area (Å²) in [5, 5.41) is 18.7. The molecule has 0 heterocycles. The molecule has 4 nitrogen and oxygen atoms in total. The Morgan fingerprint density at radius 2 is 1.52 bits per heavy atom. The van der Waals surface area contributed by atoms with Crippen molar-refractivity contribution in [2.75, 3.05) is 0 Å². The number of hydrogen-bond acceptors (Lipinski definition) is 2. The van der Waals surface area contributed by atoms with E-state index in [1.54, 1.807) is 0 Å². The first-order valence-electron chi connectivity index (χ1n) is 7.00. The summed E-state index contributed by atoms with van der Waals surface area (Å²) >= 11 is 0. The third kappa shape index (κ3) is 2.10. The zero-order valence-corrected chi connectivity index (χ0v) is 13.4. The Labute approximate surface area is 136 Å². The van der Waals surface area contributed by atoms with Crippen molar-refractivity contribution in [1.29, 1.82) is 10.5 Å². The molecule has 0 bridgehead atoms. The van der Waals surface area contributed by atoms with Gasteiger partial charge in [0.2, 0.25) is 0 Å². The van der Waals surface area contributed by atoms with Crippen LogP contribution < -0.4 is 0 Å². The summed E-state index contributed by atoms with van der Waals surface area (Å²) in [6.45, 7) is 22.3. The first-order chi connectivity index (χ1) is 10.8. The molecule has 0 spiro atoms. The summed E-state index contributed by atoms with van der Waals surface area (Å²) in [5.74, 6) is 0. The van der Waals surface area contributed by atoms with Crippen LogP contribution in [0.5, 0.6) is 0 Å². The maximum absolute atomic E-state index is 9.38. The van der Waals surface area contributed by atoms with Crippen molar-refractivity contribution in [2.24, 2.45) is 5.41 Å². The first-order valence-corrected chi connectivity index (χ1v) is 7.00. The van der Waals surface area contributed by atoms with Crippen LogP contribution in [0.25, 0.3) is 20.8 Å². The number of nitrogens with zero attached hydrogens (tertiary/aromatic N) is 4. The minimum Gasteiger partial charge on any atom is -0.226 e. The number of nitriles is 2. The highest BCUT2D eigenvalue weighted by molar-refractivity contribution is 6.02. The summed E-state index contributed by atoms with van der Waals surface area (Å²) < 4.78 is 0. The largest absolute Gasteiger partial charge is 0.266 e. The van der Waals surface area contributed by atoms with Gasteiger partial charge in [0.05, 0.1) is 25.3 Å². The average molecular weight is 298 g/mol. The van der Waals surface area contributed by atoms with Crippen molar-refractivity contribution in [1.82, 2.24) is 0 Å². The van der Waals surface area contributed by atoms with Crippen LogP contribution in [0.15, 0.2) is 23.5 Å². The van der Waals surface area contributed by atoms with Crippen molar-refractivity contribution in [3.63, 3.8) is 0 Å². The third-order valence-corrected chi connectivity index (χ3v) is 4.41. The van der Waals surface area contributed by atoms with E-state index in [9.17, 15) is 10.5 Å². The van der Waals surface area contributed by atoms with Crippen LogP contribution in [0.1, 0.15) is 36.1 Å². The van der Waals surface area contributed by atoms with Gasteiger partial charge in [-0.05, 0) is 52.7 Å². The monoisotopic (exact) mass is 298 g/mol. The van der Waals surface area contributed by atoms with E-state index in [0.717, 1.165) is 22.3 Å². The number of benzene rings is 1. The molecule has 1 aromatic carbocycles. The fraction of sp³-hybridized carbons (Fsp3) is 0.263. The Morgan fingerprint density at radius 3 is 2.00 bits per heavy atom. The molecule has 1 aromatic rings. The van der Waals surface area contributed by atoms with Gasteiger partial charge < -0.3 is 0 Å². The molecule has 0 saturated carbocycles. The minimum atomic E-state index is -0.744. The van der Waals surface area contributed by atoms with E-state index in [4.69, 9.17) is 13.1 Å². The van der Waals surface area contributed by atoms with E-state index in [2.05, 4.69) is 9.69 Å². The molecule has 0 aliphatic heterocycles. The predicted molar refractivity (Wildman–Crippen MR) is 88.0 cm³/mol. The number of hydrogen-bond donors (Lipinski definition) is 0. The Hall–Kier alpha value is -3.34. The topological polar surface area (TPSA) is 56.3 Å². The molecule has 0 aromatic heterocycles. The van der Waals surface area contributed by atoms with Crippen molar-refractivity contribution in [3.05, 3.63) is 68.6 Å². The molecule has 0 fully saturated rings. The van der Waals surface area contributed by atoms with E-state index in [1.807, 2.05) is 52.0 Å². The van der Waals surface area contributed by atoms with Crippen LogP contribution in [0.4, 0.5) is 0 Å². The van der Waals surface area contributed by atoms with Crippen LogP contribution in [0.2, 0.25) is 0 Å². The fourth-order valence-electron chi connectivity index (χ4n) is 3.23.